The first-order chi connectivity index (χ1) is 10.2. The largest absolute Gasteiger partial charge is 0.314 e. The lowest BCUT2D eigenvalue weighted by atomic mass is 9.81. The van der Waals surface area contributed by atoms with Crippen molar-refractivity contribution >= 4 is 0 Å². The van der Waals surface area contributed by atoms with Crippen molar-refractivity contribution in [3.8, 4) is 0 Å². The molecular weight excluding hydrogens is 256 g/mol. The summed E-state index contributed by atoms with van der Waals surface area (Å²) < 4.78 is 0. The van der Waals surface area contributed by atoms with Crippen LogP contribution in [0.15, 0.2) is 0 Å². The molecule has 2 aliphatic rings. The molecule has 0 spiro atoms. The van der Waals surface area contributed by atoms with Crippen molar-refractivity contribution in [1.82, 2.24) is 10.2 Å². The van der Waals surface area contributed by atoms with Gasteiger partial charge in [0.05, 0.1) is 0 Å². The predicted octanol–water partition coefficient (Wildman–Crippen LogP) is 4.59. The third-order valence-corrected chi connectivity index (χ3v) is 5.57. The molecule has 21 heavy (non-hydrogen) atoms. The van der Waals surface area contributed by atoms with E-state index in [2.05, 4.69) is 31.0 Å². The zero-order valence-electron chi connectivity index (χ0n) is 14.7. The van der Waals surface area contributed by atoms with Crippen LogP contribution < -0.4 is 5.32 Å². The maximum Gasteiger partial charge on any atom is 0.0113 e. The average Bonchev–Trinajstić information content (AvgIpc) is 2.42. The lowest BCUT2D eigenvalue weighted by Crippen LogP contribution is -2.56. The molecule has 2 saturated heterocycles. The van der Waals surface area contributed by atoms with Crippen molar-refractivity contribution in [2.24, 2.45) is 5.92 Å². The quantitative estimate of drug-likeness (QED) is 0.626. The molecule has 2 fully saturated rings. The Balaban J connectivity index is 1.66. The van der Waals surface area contributed by atoms with Crippen LogP contribution in [0.3, 0.4) is 0 Å². The van der Waals surface area contributed by atoms with Gasteiger partial charge in [0, 0.05) is 18.1 Å². The normalized spacial score (nSPS) is 30.0. The molecule has 0 aliphatic carbocycles. The van der Waals surface area contributed by atoms with E-state index >= 15 is 0 Å². The van der Waals surface area contributed by atoms with Gasteiger partial charge in [0.25, 0.3) is 0 Å². The van der Waals surface area contributed by atoms with Gasteiger partial charge in [0.15, 0.2) is 0 Å². The van der Waals surface area contributed by atoms with E-state index in [1.807, 2.05) is 0 Å². The molecule has 2 atom stereocenters. The van der Waals surface area contributed by atoms with E-state index in [-0.39, 0.29) is 0 Å². The Bertz CT molecular complexity index is 263. The number of hydrogen-bond acceptors (Lipinski definition) is 2. The van der Waals surface area contributed by atoms with Gasteiger partial charge in [0.1, 0.15) is 0 Å². The van der Waals surface area contributed by atoms with E-state index in [1.165, 1.54) is 70.8 Å². The Labute approximate surface area is 133 Å². The van der Waals surface area contributed by atoms with Crippen LogP contribution in [0.4, 0.5) is 0 Å². The smallest absolute Gasteiger partial charge is 0.0113 e. The van der Waals surface area contributed by atoms with Crippen LogP contribution in [0.2, 0.25) is 0 Å². The fourth-order valence-electron chi connectivity index (χ4n) is 4.50. The molecule has 0 aromatic rings. The van der Waals surface area contributed by atoms with Gasteiger partial charge in [-0.05, 0) is 51.1 Å². The SMILES string of the molecule is CCNC1CC2CCCC(C1)N2CCCCCCC(C)C. The summed E-state index contributed by atoms with van der Waals surface area (Å²) in [5.41, 5.74) is 0. The minimum atomic E-state index is 0.799. The van der Waals surface area contributed by atoms with Gasteiger partial charge in [-0.15, -0.1) is 0 Å². The van der Waals surface area contributed by atoms with Crippen molar-refractivity contribution in [2.75, 3.05) is 13.1 Å². The summed E-state index contributed by atoms with van der Waals surface area (Å²) in [6, 6.07) is 2.57. The number of unbranched alkanes of at least 4 members (excludes halogenated alkanes) is 3. The van der Waals surface area contributed by atoms with E-state index in [0.717, 1.165) is 30.6 Å². The molecule has 2 nitrogen and oxygen atoms in total. The molecular formula is C19H38N2. The highest BCUT2D eigenvalue weighted by atomic mass is 15.2. The van der Waals surface area contributed by atoms with E-state index < -0.39 is 0 Å². The molecule has 2 bridgehead atoms. The van der Waals surface area contributed by atoms with Crippen LogP contribution in [-0.2, 0) is 0 Å². The molecule has 124 valence electrons. The first-order valence-electron chi connectivity index (χ1n) is 9.69. The molecule has 0 saturated carbocycles. The summed E-state index contributed by atoms with van der Waals surface area (Å²) in [5.74, 6) is 0.884. The van der Waals surface area contributed by atoms with Crippen LogP contribution in [0.5, 0.6) is 0 Å². The Morgan fingerprint density at radius 1 is 1.00 bits per heavy atom. The van der Waals surface area contributed by atoms with Crippen LogP contribution in [0.1, 0.15) is 85.0 Å². The highest BCUT2D eigenvalue weighted by molar-refractivity contribution is 4.94. The zero-order valence-corrected chi connectivity index (χ0v) is 14.7. The highest BCUT2D eigenvalue weighted by Crippen LogP contribution is 2.34. The number of hydrogen-bond donors (Lipinski definition) is 1. The van der Waals surface area contributed by atoms with E-state index in [0.29, 0.717) is 0 Å². The monoisotopic (exact) mass is 294 g/mol. The topological polar surface area (TPSA) is 15.3 Å². The van der Waals surface area contributed by atoms with Gasteiger partial charge in [0.2, 0.25) is 0 Å². The van der Waals surface area contributed by atoms with Gasteiger partial charge >= 0.3 is 0 Å². The lowest BCUT2D eigenvalue weighted by Gasteiger charge is -2.49. The molecule has 2 rings (SSSR count). The second kappa shape index (κ2) is 9.15. The van der Waals surface area contributed by atoms with Crippen molar-refractivity contribution in [3.63, 3.8) is 0 Å². The molecule has 0 aromatic carbocycles. The first kappa shape index (κ1) is 17.3. The Morgan fingerprint density at radius 3 is 2.29 bits per heavy atom. The predicted molar refractivity (Wildman–Crippen MR) is 92.8 cm³/mol. The Hall–Kier alpha value is -0.0800. The maximum absolute atomic E-state index is 3.70. The van der Waals surface area contributed by atoms with E-state index in [1.54, 1.807) is 0 Å². The molecule has 2 heteroatoms. The van der Waals surface area contributed by atoms with E-state index in [4.69, 9.17) is 0 Å². The van der Waals surface area contributed by atoms with Crippen LogP contribution in [-0.4, -0.2) is 36.1 Å². The van der Waals surface area contributed by atoms with Crippen LogP contribution in [0, 0.1) is 5.92 Å². The zero-order chi connectivity index (χ0) is 15.1. The molecule has 2 aliphatic heterocycles. The number of rotatable bonds is 9. The fourth-order valence-corrected chi connectivity index (χ4v) is 4.50. The average molecular weight is 295 g/mol. The second-order valence-corrected chi connectivity index (χ2v) is 7.80. The molecule has 1 N–H and O–H groups in total. The van der Waals surface area contributed by atoms with Crippen molar-refractivity contribution in [3.05, 3.63) is 0 Å². The van der Waals surface area contributed by atoms with Gasteiger partial charge in [-0.3, -0.25) is 4.90 Å². The number of fused-ring (bicyclic) bond motifs is 2. The lowest BCUT2D eigenvalue weighted by molar-refractivity contribution is 0.0236. The molecule has 0 radical (unpaired) electrons. The summed E-state index contributed by atoms with van der Waals surface area (Å²) >= 11 is 0. The minimum absolute atomic E-state index is 0.799. The van der Waals surface area contributed by atoms with Gasteiger partial charge in [-0.1, -0.05) is 52.9 Å². The Morgan fingerprint density at radius 2 is 1.67 bits per heavy atom. The summed E-state index contributed by atoms with van der Waals surface area (Å²) in [5, 5.41) is 3.70. The summed E-state index contributed by atoms with van der Waals surface area (Å²) in [6.45, 7) is 9.44. The van der Waals surface area contributed by atoms with E-state index in [9.17, 15) is 0 Å². The third-order valence-electron chi connectivity index (χ3n) is 5.57. The molecule has 2 heterocycles. The van der Waals surface area contributed by atoms with Gasteiger partial charge in [-0.2, -0.15) is 0 Å². The third kappa shape index (κ3) is 5.56. The number of nitrogens with zero attached hydrogens (tertiary/aromatic N) is 1. The fraction of sp³-hybridized carbons (Fsp3) is 1.00. The number of piperidine rings is 2. The van der Waals surface area contributed by atoms with Crippen molar-refractivity contribution in [2.45, 2.75) is 103 Å². The maximum atomic E-state index is 3.70. The second-order valence-electron chi connectivity index (χ2n) is 7.80. The molecule has 0 amide bonds. The summed E-state index contributed by atoms with van der Waals surface area (Å²) in [4.78, 5) is 2.89. The van der Waals surface area contributed by atoms with Gasteiger partial charge < -0.3 is 5.32 Å². The standard InChI is InChI=1S/C19H38N2/c1-4-20-17-14-18-11-9-12-19(15-17)21(18)13-8-6-5-7-10-16(2)3/h16-20H,4-15H2,1-3H3. The molecule has 2 unspecified atom stereocenters. The number of nitrogens with one attached hydrogen (secondary N) is 1. The summed E-state index contributed by atoms with van der Waals surface area (Å²) in [7, 11) is 0. The van der Waals surface area contributed by atoms with Crippen molar-refractivity contribution < 1.29 is 0 Å². The van der Waals surface area contributed by atoms with Gasteiger partial charge in [-0.25, -0.2) is 0 Å². The summed E-state index contributed by atoms with van der Waals surface area (Å²) in [6.07, 6.45) is 14.3. The first-order valence-corrected chi connectivity index (χ1v) is 9.69. The minimum Gasteiger partial charge on any atom is -0.314 e. The highest BCUT2D eigenvalue weighted by Gasteiger charge is 2.37. The van der Waals surface area contributed by atoms with Crippen LogP contribution in [0.25, 0.3) is 0 Å². The van der Waals surface area contributed by atoms with Crippen LogP contribution >= 0.6 is 0 Å². The Kier molecular flexibility index (Phi) is 7.53. The van der Waals surface area contributed by atoms with Crippen molar-refractivity contribution in [1.29, 1.82) is 0 Å². The molecule has 0 aromatic heterocycles.